The zero-order chi connectivity index (χ0) is 16.5. The summed E-state index contributed by atoms with van der Waals surface area (Å²) < 4.78 is 17.4. The monoisotopic (exact) mass is 302 g/mol. The predicted octanol–water partition coefficient (Wildman–Crippen LogP) is 4.46. The Morgan fingerprint density at radius 1 is 1.09 bits per heavy atom. The number of hydrogen-bond acceptors (Lipinski definition) is 3. The standard InChI is InChI=1S/C18H27BO3/c1-13(2)15-9-8-14(12-16(15)20-7)10-11-19-21-17(3,4)18(5,6)22-19/h8-13H,1-7H3/b11-10+. The Bertz CT molecular complexity index is 545. The number of benzene rings is 1. The average molecular weight is 302 g/mol. The van der Waals surface area contributed by atoms with Crippen LogP contribution in [0.25, 0.3) is 6.08 Å². The second-order valence-corrected chi connectivity index (χ2v) is 7.14. The molecule has 1 heterocycles. The minimum atomic E-state index is -0.319. The fourth-order valence-corrected chi connectivity index (χ4v) is 2.47. The summed E-state index contributed by atoms with van der Waals surface area (Å²) in [7, 11) is 1.39. The summed E-state index contributed by atoms with van der Waals surface area (Å²) in [6, 6.07) is 6.27. The minimum Gasteiger partial charge on any atom is -0.496 e. The summed E-state index contributed by atoms with van der Waals surface area (Å²) in [5.41, 5.74) is 1.69. The van der Waals surface area contributed by atoms with E-state index in [9.17, 15) is 0 Å². The van der Waals surface area contributed by atoms with Crippen molar-refractivity contribution in [2.45, 2.75) is 58.7 Å². The van der Waals surface area contributed by atoms with Crippen molar-refractivity contribution < 1.29 is 14.0 Å². The summed E-state index contributed by atoms with van der Waals surface area (Å²) in [6.45, 7) is 12.6. The van der Waals surface area contributed by atoms with Crippen LogP contribution < -0.4 is 4.74 Å². The quantitative estimate of drug-likeness (QED) is 0.768. The Labute approximate surface area is 134 Å². The van der Waals surface area contributed by atoms with E-state index in [1.807, 2.05) is 12.1 Å². The average Bonchev–Trinajstić information content (AvgIpc) is 2.64. The highest BCUT2D eigenvalue weighted by Gasteiger charge is 2.49. The van der Waals surface area contributed by atoms with Gasteiger partial charge in [0, 0.05) is 0 Å². The third kappa shape index (κ3) is 3.39. The molecule has 0 amide bonds. The predicted molar refractivity (Wildman–Crippen MR) is 92.2 cm³/mol. The van der Waals surface area contributed by atoms with E-state index in [0.717, 1.165) is 11.3 Å². The molecule has 22 heavy (non-hydrogen) atoms. The van der Waals surface area contributed by atoms with Gasteiger partial charge in [-0.15, -0.1) is 0 Å². The molecular weight excluding hydrogens is 275 g/mol. The first kappa shape index (κ1) is 17.1. The molecule has 0 aliphatic carbocycles. The maximum atomic E-state index is 5.96. The van der Waals surface area contributed by atoms with E-state index in [1.54, 1.807) is 7.11 Å². The third-order valence-corrected chi connectivity index (χ3v) is 4.60. The highest BCUT2D eigenvalue weighted by Crippen LogP contribution is 2.37. The Hall–Kier alpha value is -1.26. The molecule has 1 aromatic carbocycles. The van der Waals surface area contributed by atoms with Crippen molar-refractivity contribution in [3.05, 3.63) is 35.3 Å². The normalized spacial score (nSPS) is 20.1. The van der Waals surface area contributed by atoms with Gasteiger partial charge in [0.1, 0.15) is 5.75 Å². The second-order valence-electron chi connectivity index (χ2n) is 7.14. The van der Waals surface area contributed by atoms with Crippen LogP contribution >= 0.6 is 0 Å². The van der Waals surface area contributed by atoms with E-state index in [2.05, 4.69) is 59.7 Å². The van der Waals surface area contributed by atoms with Crippen LogP contribution in [-0.4, -0.2) is 25.4 Å². The molecule has 0 N–H and O–H groups in total. The van der Waals surface area contributed by atoms with Crippen LogP contribution in [-0.2, 0) is 9.31 Å². The molecule has 0 aromatic heterocycles. The Morgan fingerprint density at radius 2 is 1.68 bits per heavy atom. The molecule has 120 valence electrons. The molecule has 0 saturated carbocycles. The molecule has 1 aliphatic rings. The van der Waals surface area contributed by atoms with E-state index in [4.69, 9.17) is 14.0 Å². The molecule has 4 heteroatoms. The molecule has 0 radical (unpaired) electrons. The van der Waals surface area contributed by atoms with Crippen molar-refractivity contribution >= 4 is 13.2 Å². The molecule has 1 saturated heterocycles. The maximum absolute atomic E-state index is 5.96. The zero-order valence-corrected chi connectivity index (χ0v) is 14.8. The fourth-order valence-electron chi connectivity index (χ4n) is 2.47. The third-order valence-electron chi connectivity index (χ3n) is 4.60. The van der Waals surface area contributed by atoms with Crippen LogP contribution in [0.15, 0.2) is 24.2 Å². The molecule has 1 aromatic rings. The molecule has 3 nitrogen and oxygen atoms in total. The number of hydrogen-bond donors (Lipinski definition) is 0. The van der Waals surface area contributed by atoms with Crippen LogP contribution in [0.5, 0.6) is 5.75 Å². The zero-order valence-electron chi connectivity index (χ0n) is 14.8. The van der Waals surface area contributed by atoms with Gasteiger partial charge in [-0.05, 0) is 50.8 Å². The van der Waals surface area contributed by atoms with Gasteiger partial charge in [-0.1, -0.05) is 38.0 Å². The van der Waals surface area contributed by atoms with Gasteiger partial charge in [0.25, 0.3) is 0 Å². The van der Waals surface area contributed by atoms with Crippen LogP contribution in [0.3, 0.4) is 0 Å². The summed E-state index contributed by atoms with van der Waals surface area (Å²) in [4.78, 5) is 0. The lowest BCUT2D eigenvalue weighted by Crippen LogP contribution is -2.41. The van der Waals surface area contributed by atoms with Crippen molar-refractivity contribution in [3.63, 3.8) is 0 Å². The summed E-state index contributed by atoms with van der Waals surface area (Å²) in [6.07, 6.45) is 2.02. The number of rotatable bonds is 4. The van der Waals surface area contributed by atoms with Gasteiger partial charge in [0.15, 0.2) is 0 Å². The van der Waals surface area contributed by atoms with Crippen molar-refractivity contribution in [2.75, 3.05) is 7.11 Å². The largest absolute Gasteiger partial charge is 0.496 e. The second kappa shape index (κ2) is 6.09. The highest BCUT2D eigenvalue weighted by molar-refractivity contribution is 6.52. The first-order valence-electron chi connectivity index (χ1n) is 7.88. The summed E-state index contributed by atoms with van der Waals surface area (Å²) in [5.74, 6) is 3.32. The molecule has 1 fully saturated rings. The lowest BCUT2D eigenvalue weighted by molar-refractivity contribution is 0.00578. The molecule has 0 unspecified atom stereocenters. The SMILES string of the molecule is COc1cc(/C=C/B2OC(C)(C)C(C)(C)O2)ccc1C(C)C. The van der Waals surface area contributed by atoms with Crippen molar-refractivity contribution in [1.29, 1.82) is 0 Å². The van der Waals surface area contributed by atoms with Gasteiger partial charge in [0.2, 0.25) is 0 Å². The maximum Gasteiger partial charge on any atom is 0.487 e. The smallest absolute Gasteiger partial charge is 0.487 e. The first-order chi connectivity index (χ1) is 10.2. The van der Waals surface area contributed by atoms with Crippen LogP contribution in [0.2, 0.25) is 0 Å². The Morgan fingerprint density at radius 3 is 2.18 bits per heavy atom. The van der Waals surface area contributed by atoms with Gasteiger partial charge in [0.05, 0.1) is 18.3 Å². The van der Waals surface area contributed by atoms with E-state index in [1.165, 1.54) is 5.56 Å². The fraction of sp³-hybridized carbons (Fsp3) is 0.556. The van der Waals surface area contributed by atoms with Gasteiger partial charge < -0.3 is 14.0 Å². The van der Waals surface area contributed by atoms with Crippen molar-refractivity contribution in [2.24, 2.45) is 0 Å². The van der Waals surface area contributed by atoms with Gasteiger partial charge >= 0.3 is 7.12 Å². The van der Waals surface area contributed by atoms with Crippen LogP contribution in [0, 0.1) is 0 Å². The molecule has 0 bridgehead atoms. The molecule has 0 atom stereocenters. The summed E-state index contributed by atoms with van der Waals surface area (Å²) >= 11 is 0. The lowest BCUT2D eigenvalue weighted by Gasteiger charge is -2.32. The van der Waals surface area contributed by atoms with E-state index in [0.29, 0.717) is 5.92 Å². The van der Waals surface area contributed by atoms with Gasteiger partial charge in [-0.25, -0.2) is 0 Å². The van der Waals surface area contributed by atoms with E-state index < -0.39 is 0 Å². The molecular formula is C18H27BO3. The number of ether oxygens (including phenoxy) is 1. The van der Waals surface area contributed by atoms with E-state index >= 15 is 0 Å². The molecule has 2 rings (SSSR count). The van der Waals surface area contributed by atoms with Crippen molar-refractivity contribution in [3.8, 4) is 5.75 Å². The number of methoxy groups -OCH3 is 1. The lowest BCUT2D eigenvalue weighted by atomic mass is 9.89. The Balaban J connectivity index is 2.15. The van der Waals surface area contributed by atoms with E-state index in [-0.39, 0.29) is 18.3 Å². The van der Waals surface area contributed by atoms with Gasteiger partial charge in [-0.2, -0.15) is 0 Å². The van der Waals surface area contributed by atoms with Crippen LogP contribution in [0.1, 0.15) is 58.6 Å². The van der Waals surface area contributed by atoms with Crippen molar-refractivity contribution in [1.82, 2.24) is 0 Å². The first-order valence-corrected chi connectivity index (χ1v) is 7.88. The minimum absolute atomic E-state index is 0.304. The Kier molecular flexibility index (Phi) is 4.74. The van der Waals surface area contributed by atoms with Gasteiger partial charge in [-0.3, -0.25) is 0 Å². The highest BCUT2D eigenvalue weighted by atomic mass is 16.7. The topological polar surface area (TPSA) is 27.7 Å². The summed E-state index contributed by atoms with van der Waals surface area (Å²) in [5, 5.41) is 0. The molecule has 1 aliphatic heterocycles. The van der Waals surface area contributed by atoms with Crippen LogP contribution in [0.4, 0.5) is 0 Å². The molecule has 0 spiro atoms.